The van der Waals surface area contributed by atoms with Gasteiger partial charge in [0.2, 0.25) is 5.91 Å². The van der Waals surface area contributed by atoms with Gasteiger partial charge < -0.3 is 19.3 Å². The standard InChI is InChI=1S/C23H25N3O3/c1-2-12-25-14-17(13-22(25)28)23-24-20-10-6-7-11-21(20)26(23)15-18(27)16-29-19-8-4-3-5-9-19/h2-11,17-18,27H,1,12-16H2. The van der Waals surface area contributed by atoms with Crippen molar-refractivity contribution in [3.8, 4) is 5.75 Å². The highest BCUT2D eigenvalue weighted by atomic mass is 16.5. The van der Waals surface area contributed by atoms with E-state index in [0.717, 1.165) is 22.6 Å². The number of fused-ring (bicyclic) bond motifs is 1. The number of aromatic nitrogens is 2. The highest BCUT2D eigenvalue weighted by Crippen LogP contribution is 2.30. The number of carbonyl (C=O) groups is 1. The van der Waals surface area contributed by atoms with E-state index < -0.39 is 6.10 Å². The average molecular weight is 391 g/mol. The lowest BCUT2D eigenvalue weighted by Crippen LogP contribution is -2.26. The molecule has 1 aromatic heterocycles. The SMILES string of the molecule is C=CCN1CC(c2nc3ccccc3n2CC(O)COc2ccccc2)CC1=O. The Labute approximate surface area is 170 Å². The molecule has 2 atom stereocenters. The molecule has 6 heteroatoms. The van der Waals surface area contributed by atoms with Crippen LogP contribution in [0.1, 0.15) is 18.2 Å². The largest absolute Gasteiger partial charge is 0.491 e. The van der Waals surface area contributed by atoms with Gasteiger partial charge in [-0.3, -0.25) is 4.79 Å². The lowest BCUT2D eigenvalue weighted by atomic mass is 10.1. The van der Waals surface area contributed by atoms with Gasteiger partial charge in [-0.1, -0.05) is 36.4 Å². The van der Waals surface area contributed by atoms with E-state index in [9.17, 15) is 9.90 Å². The summed E-state index contributed by atoms with van der Waals surface area (Å²) < 4.78 is 7.73. The maximum Gasteiger partial charge on any atom is 0.223 e. The Hall–Kier alpha value is -3.12. The van der Waals surface area contributed by atoms with Gasteiger partial charge in [0.05, 0.1) is 17.6 Å². The number of hydrogen-bond donors (Lipinski definition) is 1. The monoisotopic (exact) mass is 391 g/mol. The second kappa shape index (κ2) is 8.49. The molecule has 150 valence electrons. The molecule has 1 fully saturated rings. The van der Waals surface area contributed by atoms with Crippen LogP contribution in [0.2, 0.25) is 0 Å². The topological polar surface area (TPSA) is 67.6 Å². The zero-order chi connectivity index (χ0) is 20.2. The second-order valence-corrected chi connectivity index (χ2v) is 7.34. The molecule has 4 rings (SSSR count). The molecule has 0 spiro atoms. The van der Waals surface area contributed by atoms with Gasteiger partial charge in [-0.2, -0.15) is 0 Å². The number of hydrogen-bond acceptors (Lipinski definition) is 4. The number of carbonyl (C=O) groups excluding carboxylic acids is 1. The predicted octanol–water partition coefficient (Wildman–Crippen LogP) is 2.98. The molecule has 1 N–H and O–H groups in total. The quantitative estimate of drug-likeness (QED) is 0.600. The predicted molar refractivity (Wildman–Crippen MR) is 112 cm³/mol. The minimum Gasteiger partial charge on any atom is -0.491 e. The Bertz CT molecular complexity index is 999. The molecule has 2 aromatic carbocycles. The number of ether oxygens (including phenoxy) is 1. The molecule has 1 saturated heterocycles. The van der Waals surface area contributed by atoms with Crippen LogP contribution in [0.4, 0.5) is 0 Å². The van der Waals surface area contributed by atoms with Crippen LogP contribution in [0.5, 0.6) is 5.75 Å². The number of aliphatic hydroxyl groups excluding tert-OH is 1. The minimum absolute atomic E-state index is 0.00269. The second-order valence-electron chi connectivity index (χ2n) is 7.34. The highest BCUT2D eigenvalue weighted by Gasteiger charge is 2.33. The lowest BCUT2D eigenvalue weighted by Gasteiger charge is -2.18. The zero-order valence-electron chi connectivity index (χ0n) is 16.3. The summed E-state index contributed by atoms with van der Waals surface area (Å²) in [6.45, 7) is 5.43. The van der Waals surface area contributed by atoms with Crippen LogP contribution in [0.25, 0.3) is 11.0 Å². The van der Waals surface area contributed by atoms with Crippen molar-refractivity contribution in [2.24, 2.45) is 0 Å². The molecule has 1 aliphatic heterocycles. The van der Waals surface area contributed by atoms with Crippen LogP contribution in [-0.2, 0) is 11.3 Å². The molecule has 0 bridgehead atoms. The molecule has 2 unspecified atom stereocenters. The van der Waals surface area contributed by atoms with Crippen molar-refractivity contribution >= 4 is 16.9 Å². The number of nitrogens with zero attached hydrogens (tertiary/aromatic N) is 3. The van der Waals surface area contributed by atoms with E-state index in [2.05, 4.69) is 6.58 Å². The Kier molecular flexibility index (Phi) is 5.62. The number of imidazole rings is 1. The molecule has 0 aliphatic carbocycles. The summed E-state index contributed by atoms with van der Waals surface area (Å²) in [6.07, 6.45) is 1.47. The van der Waals surface area contributed by atoms with Crippen molar-refractivity contribution in [3.05, 3.63) is 73.1 Å². The summed E-state index contributed by atoms with van der Waals surface area (Å²) in [5.74, 6) is 1.67. The summed E-state index contributed by atoms with van der Waals surface area (Å²) >= 11 is 0. The van der Waals surface area contributed by atoms with E-state index in [1.807, 2.05) is 59.2 Å². The smallest absolute Gasteiger partial charge is 0.223 e. The average Bonchev–Trinajstić information content (AvgIpc) is 3.28. The third-order valence-electron chi connectivity index (χ3n) is 5.19. The maximum absolute atomic E-state index is 12.3. The number of amides is 1. The van der Waals surface area contributed by atoms with Gasteiger partial charge in [0.25, 0.3) is 0 Å². The van der Waals surface area contributed by atoms with Gasteiger partial charge in [0.15, 0.2) is 0 Å². The molecular weight excluding hydrogens is 366 g/mol. The van der Waals surface area contributed by atoms with E-state index >= 15 is 0 Å². The van der Waals surface area contributed by atoms with Gasteiger partial charge in [0.1, 0.15) is 24.3 Å². The molecule has 0 radical (unpaired) electrons. The van der Waals surface area contributed by atoms with E-state index in [4.69, 9.17) is 9.72 Å². The molecule has 6 nitrogen and oxygen atoms in total. The van der Waals surface area contributed by atoms with E-state index in [1.165, 1.54) is 0 Å². The van der Waals surface area contributed by atoms with Gasteiger partial charge >= 0.3 is 0 Å². The molecule has 29 heavy (non-hydrogen) atoms. The summed E-state index contributed by atoms with van der Waals surface area (Å²) in [5, 5.41) is 10.6. The first-order valence-corrected chi connectivity index (χ1v) is 9.85. The molecule has 0 saturated carbocycles. The number of aliphatic hydroxyl groups is 1. The van der Waals surface area contributed by atoms with Gasteiger partial charge in [-0.05, 0) is 24.3 Å². The van der Waals surface area contributed by atoms with Crippen molar-refractivity contribution in [2.45, 2.75) is 25.0 Å². The fourth-order valence-electron chi connectivity index (χ4n) is 3.85. The minimum atomic E-state index is -0.701. The number of rotatable bonds is 8. The zero-order valence-corrected chi connectivity index (χ0v) is 16.3. The van der Waals surface area contributed by atoms with Crippen LogP contribution >= 0.6 is 0 Å². The third kappa shape index (κ3) is 4.17. The fourth-order valence-corrected chi connectivity index (χ4v) is 3.85. The summed E-state index contributed by atoms with van der Waals surface area (Å²) in [7, 11) is 0. The Balaban J connectivity index is 1.55. The number of benzene rings is 2. The van der Waals surface area contributed by atoms with Crippen molar-refractivity contribution in [1.82, 2.24) is 14.5 Å². The highest BCUT2D eigenvalue weighted by molar-refractivity contribution is 5.81. The summed E-state index contributed by atoms with van der Waals surface area (Å²) in [5.41, 5.74) is 1.82. The van der Waals surface area contributed by atoms with Gasteiger partial charge in [-0.25, -0.2) is 4.98 Å². The van der Waals surface area contributed by atoms with Crippen LogP contribution in [-0.4, -0.2) is 51.3 Å². The third-order valence-corrected chi connectivity index (χ3v) is 5.19. The molecule has 1 amide bonds. The first-order chi connectivity index (χ1) is 14.2. The van der Waals surface area contributed by atoms with Crippen LogP contribution in [0.3, 0.4) is 0 Å². The van der Waals surface area contributed by atoms with Gasteiger partial charge in [0, 0.05) is 25.4 Å². The first-order valence-electron chi connectivity index (χ1n) is 9.85. The Morgan fingerprint density at radius 3 is 2.76 bits per heavy atom. The number of likely N-dealkylation sites (tertiary alicyclic amines) is 1. The molecule has 2 heterocycles. The summed E-state index contributed by atoms with van der Waals surface area (Å²) in [4.78, 5) is 18.9. The van der Waals surface area contributed by atoms with E-state index in [0.29, 0.717) is 26.1 Å². The van der Waals surface area contributed by atoms with Crippen molar-refractivity contribution in [3.63, 3.8) is 0 Å². The molecular formula is C23H25N3O3. The molecule has 3 aromatic rings. The van der Waals surface area contributed by atoms with Crippen molar-refractivity contribution in [2.75, 3.05) is 19.7 Å². The molecule has 1 aliphatic rings. The summed E-state index contributed by atoms with van der Waals surface area (Å²) in [6, 6.07) is 17.3. The Morgan fingerprint density at radius 1 is 1.21 bits per heavy atom. The number of para-hydroxylation sites is 3. The van der Waals surface area contributed by atoms with E-state index in [-0.39, 0.29) is 18.4 Å². The van der Waals surface area contributed by atoms with Crippen LogP contribution < -0.4 is 4.74 Å². The van der Waals surface area contributed by atoms with Gasteiger partial charge in [-0.15, -0.1) is 6.58 Å². The normalized spacial score (nSPS) is 17.6. The van der Waals surface area contributed by atoms with Crippen LogP contribution in [0, 0.1) is 0 Å². The van der Waals surface area contributed by atoms with Crippen molar-refractivity contribution < 1.29 is 14.6 Å². The Morgan fingerprint density at radius 2 is 1.97 bits per heavy atom. The fraction of sp³-hybridized carbons (Fsp3) is 0.304. The van der Waals surface area contributed by atoms with E-state index in [1.54, 1.807) is 11.0 Å². The van der Waals surface area contributed by atoms with Crippen LogP contribution in [0.15, 0.2) is 67.3 Å². The maximum atomic E-state index is 12.3. The van der Waals surface area contributed by atoms with Crippen molar-refractivity contribution in [1.29, 1.82) is 0 Å². The first kappa shape index (κ1) is 19.2. The lowest BCUT2D eigenvalue weighted by molar-refractivity contribution is -0.127.